The zero-order valence-electron chi connectivity index (χ0n) is 12.3. The molecule has 1 aliphatic rings. The van der Waals surface area contributed by atoms with Crippen LogP contribution >= 0.6 is 23.1 Å². The summed E-state index contributed by atoms with van der Waals surface area (Å²) in [6.07, 6.45) is 2.15. The van der Waals surface area contributed by atoms with Gasteiger partial charge in [0.15, 0.2) is 0 Å². The van der Waals surface area contributed by atoms with Crippen LogP contribution in [0.3, 0.4) is 0 Å². The molecule has 2 heterocycles. The van der Waals surface area contributed by atoms with Gasteiger partial charge in [-0.3, -0.25) is 14.6 Å². The van der Waals surface area contributed by atoms with Crippen LogP contribution in [0.15, 0.2) is 0 Å². The number of rotatable bonds is 7. The van der Waals surface area contributed by atoms with Gasteiger partial charge in [-0.25, -0.2) is 0 Å². The zero-order chi connectivity index (χ0) is 15.1. The van der Waals surface area contributed by atoms with Crippen molar-refractivity contribution in [1.29, 1.82) is 0 Å². The van der Waals surface area contributed by atoms with E-state index in [0.717, 1.165) is 57.8 Å². The van der Waals surface area contributed by atoms with Gasteiger partial charge in [-0.15, -0.1) is 5.10 Å². The third-order valence-electron chi connectivity index (χ3n) is 3.57. The summed E-state index contributed by atoms with van der Waals surface area (Å²) in [6, 6.07) is 0. The molecule has 0 saturated carbocycles. The van der Waals surface area contributed by atoms with Crippen molar-refractivity contribution < 1.29 is 4.79 Å². The van der Waals surface area contributed by atoms with Crippen molar-refractivity contribution in [2.24, 2.45) is 0 Å². The topological polar surface area (TPSA) is 61.4 Å². The first-order valence-corrected chi connectivity index (χ1v) is 8.52. The maximum absolute atomic E-state index is 11.8. The summed E-state index contributed by atoms with van der Waals surface area (Å²) in [6.45, 7) is 7.79. The van der Waals surface area contributed by atoms with Gasteiger partial charge in [0.25, 0.3) is 0 Å². The molecule has 21 heavy (non-hydrogen) atoms. The molecule has 8 heteroatoms. The second kappa shape index (κ2) is 8.63. The highest BCUT2D eigenvalue weighted by Crippen LogP contribution is 2.19. The third-order valence-corrected chi connectivity index (χ3v) is 4.55. The zero-order valence-corrected chi connectivity index (χ0v) is 13.9. The fraction of sp³-hybridized carbons (Fsp3) is 0.769. The third kappa shape index (κ3) is 5.50. The molecule has 0 aliphatic carbocycles. The molecule has 0 atom stereocenters. The summed E-state index contributed by atoms with van der Waals surface area (Å²) in [5.41, 5.74) is 0.854. The van der Waals surface area contributed by atoms with Crippen LogP contribution in [0.25, 0.3) is 0 Å². The van der Waals surface area contributed by atoms with Crippen molar-refractivity contribution in [3.8, 4) is 0 Å². The SMILES string of the molecule is CCCCNC(=O)CN1CCN(Cc2nnsc2Cl)CC1. The van der Waals surface area contributed by atoms with E-state index < -0.39 is 0 Å². The molecular formula is C13H22ClN5OS. The molecule has 1 saturated heterocycles. The predicted molar refractivity (Wildman–Crippen MR) is 84.6 cm³/mol. The van der Waals surface area contributed by atoms with Crippen LogP contribution < -0.4 is 5.32 Å². The number of hydrogen-bond donors (Lipinski definition) is 1. The monoisotopic (exact) mass is 331 g/mol. The van der Waals surface area contributed by atoms with E-state index in [0.29, 0.717) is 10.9 Å². The van der Waals surface area contributed by atoms with Crippen LogP contribution in [-0.4, -0.2) is 64.6 Å². The molecule has 1 aliphatic heterocycles. The molecule has 118 valence electrons. The Morgan fingerprint density at radius 3 is 2.67 bits per heavy atom. The number of piperazine rings is 1. The van der Waals surface area contributed by atoms with E-state index in [1.165, 1.54) is 11.5 Å². The average molecular weight is 332 g/mol. The standard InChI is InChI=1S/C13H22ClN5OS/c1-2-3-4-15-12(20)10-19-7-5-18(6-8-19)9-11-13(14)21-17-16-11/h2-10H2,1H3,(H,15,20). The lowest BCUT2D eigenvalue weighted by Crippen LogP contribution is -2.49. The lowest BCUT2D eigenvalue weighted by atomic mass is 10.3. The van der Waals surface area contributed by atoms with E-state index in [-0.39, 0.29) is 5.91 Å². The summed E-state index contributed by atoms with van der Waals surface area (Å²) in [5.74, 6) is 0.128. The number of carbonyl (C=O) groups excluding carboxylic acids is 1. The lowest BCUT2D eigenvalue weighted by molar-refractivity contribution is -0.122. The lowest BCUT2D eigenvalue weighted by Gasteiger charge is -2.33. The molecular weight excluding hydrogens is 310 g/mol. The van der Waals surface area contributed by atoms with Crippen molar-refractivity contribution >= 4 is 29.0 Å². The minimum absolute atomic E-state index is 0.128. The van der Waals surface area contributed by atoms with Crippen LogP contribution in [0.1, 0.15) is 25.5 Å². The van der Waals surface area contributed by atoms with Crippen molar-refractivity contribution in [3.63, 3.8) is 0 Å². The first kappa shape index (κ1) is 16.6. The van der Waals surface area contributed by atoms with Gasteiger partial charge in [0.05, 0.1) is 6.54 Å². The Morgan fingerprint density at radius 2 is 2.05 bits per heavy atom. The van der Waals surface area contributed by atoms with Crippen LogP contribution in [-0.2, 0) is 11.3 Å². The van der Waals surface area contributed by atoms with E-state index in [9.17, 15) is 4.79 Å². The second-order valence-corrected chi connectivity index (χ2v) is 6.61. The summed E-state index contributed by atoms with van der Waals surface area (Å²) in [7, 11) is 0. The molecule has 1 aromatic heterocycles. The van der Waals surface area contributed by atoms with E-state index in [1.807, 2.05) is 0 Å². The molecule has 0 aromatic carbocycles. The van der Waals surface area contributed by atoms with Gasteiger partial charge in [0, 0.05) is 50.8 Å². The first-order valence-electron chi connectivity index (χ1n) is 7.37. The molecule has 1 amide bonds. The van der Waals surface area contributed by atoms with Gasteiger partial charge < -0.3 is 5.32 Å². The highest BCUT2D eigenvalue weighted by atomic mass is 35.5. The predicted octanol–water partition coefficient (Wildman–Crippen LogP) is 1.23. The molecule has 0 spiro atoms. The normalized spacial score (nSPS) is 17.0. The Morgan fingerprint density at radius 1 is 1.33 bits per heavy atom. The Balaban J connectivity index is 1.66. The van der Waals surface area contributed by atoms with E-state index in [1.54, 1.807) is 0 Å². The number of carbonyl (C=O) groups is 1. The maximum atomic E-state index is 11.8. The number of nitrogens with zero attached hydrogens (tertiary/aromatic N) is 4. The maximum Gasteiger partial charge on any atom is 0.234 e. The van der Waals surface area contributed by atoms with Gasteiger partial charge in [-0.1, -0.05) is 29.4 Å². The largest absolute Gasteiger partial charge is 0.355 e. The van der Waals surface area contributed by atoms with Gasteiger partial charge in [-0.2, -0.15) is 0 Å². The van der Waals surface area contributed by atoms with Gasteiger partial charge in [0.1, 0.15) is 10.0 Å². The van der Waals surface area contributed by atoms with Crippen LogP contribution in [0.4, 0.5) is 0 Å². The van der Waals surface area contributed by atoms with Crippen molar-refractivity contribution in [1.82, 2.24) is 24.7 Å². The van der Waals surface area contributed by atoms with Crippen molar-refractivity contribution in [3.05, 3.63) is 10.0 Å². The highest BCUT2D eigenvalue weighted by Gasteiger charge is 2.20. The summed E-state index contributed by atoms with van der Waals surface area (Å²) < 4.78 is 4.52. The molecule has 2 rings (SSSR count). The molecule has 1 fully saturated rings. The number of halogens is 1. The molecule has 0 bridgehead atoms. The van der Waals surface area contributed by atoms with E-state index in [2.05, 4.69) is 31.6 Å². The Kier molecular flexibility index (Phi) is 6.82. The number of hydrogen-bond acceptors (Lipinski definition) is 6. The molecule has 0 radical (unpaired) electrons. The fourth-order valence-corrected chi connectivity index (χ4v) is 2.88. The number of nitrogens with one attached hydrogen (secondary N) is 1. The van der Waals surface area contributed by atoms with Gasteiger partial charge in [0.2, 0.25) is 5.91 Å². The minimum atomic E-state index is 0.128. The molecule has 6 nitrogen and oxygen atoms in total. The Bertz CT molecular complexity index is 448. The highest BCUT2D eigenvalue weighted by molar-refractivity contribution is 7.10. The summed E-state index contributed by atoms with van der Waals surface area (Å²) in [4.78, 5) is 16.3. The van der Waals surface area contributed by atoms with Gasteiger partial charge >= 0.3 is 0 Å². The van der Waals surface area contributed by atoms with Crippen molar-refractivity contribution in [2.45, 2.75) is 26.3 Å². The minimum Gasteiger partial charge on any atom is -0.355 e. The summed E-state index contributed by atoms with van der Waals surface area (Å²) >= 11 is 7.25. The first-order chi connectivity index (χ1) is 10.2. The number of amides is 1. The number of unbranched alkanes of at least 4 members (excludes halogenated alkanes) is 1. The van der Waals surface area contributed by atoms with Gasteiger partial charge in [-0.05, 0) is 6.42 Å². The van der Waals surface area contributed by atoms with Crippen LogP contribution in [0.5, 0.6) is 0 Å². The molecule has 1 aromatic rings. The Hall–Kier alpha value is -0.760. The fourth-order valence-electron chi connectivity index (χ4n) is 2.27. The Labute approximate surface area is 134 Å². The molecule has 1 N–H and O–H groups in total. The van der Waals surface area contributed by atoms with E-state index >= 15 is 0 Å². The average Bonchev–Trinajstić information content (AvgIpc) is 2.87. The van der Waals surface area contributed by atoms with Crippen LogP contribution in [0.2, 0.25) is 4.34 Å². The summed E-state index contributed by atoms with van der Waals surface area (Å²) in [5, 5.41) is 6.99. The molecule has 0 unspecified atom stereocenters. The smallest absolute Gasteiger partial charge is 0.234 e. The van der Waals surface area contributed by atoms with Crippen LogP contribution in [0, 0.1) is 0 Å². The quantitative estimate of drug-likeness (QED) is 0.761. The van der Waals surface area contributed by atoms with Crippen molar-refractivity contribution in [2.75, 3.05) is 39.3 Å². The number of aromatic nitrogens is 2. The van der Waals surface area contributed by atoms with E-state index in [4.69, 9.17) is 11.6 Å². The second-order valence-electron chi connectivity index (χ2n) is 5.25.